The molecule has 3 aromatic carbocycles. The SMILES string of the molecule is CCCCCC=C(C(=O)O)c1cc(OC)c(O)c2c(Cc3ccccc3)cccc12. The summed E-state index contributed by atoms with van der Waals surface area (Å²) in [5.41, 5.74) is 2.85. The monoisotopic (exact) mass is 404 g/mol. The fraction of sp³-hybridized carbons (Fsp3) is 0.269. The Labute approximate surface area is 177 Å². The van der Waals surface area contributed by atoms with Gasteiger partial charge in [0.1, 0.15) is 0 Å². The number of phenolic OH excluding ortho intramolecular Hbond substituents is 1. The van der Waals surface area contributed by atoms with Crippen molar-refractivity contribution in [2.45, 2.75) is 39.0 Å². The molecule has 0 atom stereocenters. The van der Waals surface area contributed by atoms with E-state index >= 15 is 0 Å². The molecule has 0 aromatic heterocycles. The van der Waals surface area contributed by atoms with Crippen molar-refractivity contribution < 1.29 is 19.7 Å². The van der Waals surface area contributed by atoms with E-state index in [0.717, 1.165) is 30.4 Å². The number of carboxylic acids is 1. The topological polar surface area (TPSA) is 66.8 Å². The zero-order valence-electron chi connectivity index (χ0n) is 17.5. The van der Waals surface area contributed by atoms with Gasteiger partial charge in [-0.05, 0) is 41.8 Å². The zero-order chi connectivity index (χ0) is 21.5. The van der Waals surface area contributed by atoms with Crippen LogP contribution in [0.15, 0.2) is 60.7 Å². The lowest BCUT2D eigenvalue weighted by Gasteiger charge is -2.16. The Morgan fingerprint density at radius 2 is 1.83 bits per heavy atom. The fourth-order valence-corrected chi connectivity index (χ4v) is 3.80. The molecule has 3 aromatic rings. The van der Waals surface area contributed by atoms with Crippen LogP contribution in [0.25, 0.3) is 16.3 Å². The van der Waals surface area contributed by atoms with E-state index in [1.165, 1.54) is 7.11 Å². The number of fused-ring (bicyclic) bond motifs is 1. The van der Waals surface area contributed by atoms with E-state index in [1.54, 1.807) is 12.1 Å². The third-order valence-corrected chi connectivity index (χ3v) is 5.32. The molecule has 4 nitrogen and oxygen atoms in total. The molecule has 0 radical (unpaired) electrons. The Balaban J connectivity index is 2.18. The van der Waals surface area contributed by atoms with Gasteiger partial charge in [0.05, 0.1) is 12.7 Å². The number of carbonyl (C=O) groups is 1. The minimum Gasteiger partial charge on any atom is -0.504 e. The van der Waals surface area contributed by atoms with Gasteiger partial charge in [-0.25, -0.2) is 4.79 Å². The van der Waals surface area contributed by atoms with Crippen LogP contribution < -0.4 is 4.74 Å². The van der Waals surface area contributed by atoms with Gasteiger partial charge >= 0.3 is 5.97 Å². The zero-order valence-corrected chi connectivity index (χ0v) is 17.5. The van der Waals surface area contributed by atoms with Crippen LogP contribution in [0.2, 0.25) is 0 Å². The van der Waals surface area contributed by atoms with Crippen LogP contribution >= 0.6 is 0 Å². The Kier molecular flexibility index (Phi) is 7.12. The highest BCUT2D eigenvalue weighted by atomic mass is 16.5. The molecule has 0 spiro atoms. The average molecular weight is 405 g/mol. The highest BCUT2D eigenvalue weighted by Crippen LogP contribution is 2.41. The molecule has 0 amide bonds. The minimum absolute atomic E-state index is 0.0403. The summed E-state index contributed by atoms with van der Waals surface area (Å²) in [6, 6.07) is 17.4. The van der Waals surface area contributed by atoms with Crippen molar-refractivity contribution in [3.05, 3.63) is 77.4 Å². The molecule has 0 aliphatic rings. The Morgan fingerprint density at radius 3 is 2.50 bits per heavy atom. The van der Waals surface area contributed by atoms with Crippen LogP contribution in [0.4, 0.5) is 0 Å². The van der Waals surface area contributed by atoms with Gasteiger partial charge in [-0.1, -0.05) is 74.4 Å². The highest BCUT2D eigenvalue weighted by Gasteiger charge is 2.20. The number of methoxy groups -OCH3 is 1. The number of unbranched alkanes of at least 4 members (excludes halogenated alkanes) is 3. The minimum atomic E-state index is -0.978. The first-order valence-corrected chi connectivity index (χ1v) is 10.4. The van der Waals surface area contributed by atoms with Crippen LogP contribution in [0.5, 0.6) is 11.5 Å². The van der Waals surface area contributed by atoms with Crippen molar-refractivity contribution in [2.75, 3.05) is 7.11 Å². The van der Waals surface area contributed by atoms with E-state index < -0.39 is 5.97 Å². The van der Waals surface area contributed by atoms with E-state index in [9.17, 15) is 15.0 Å². The number of aliphatic carboxylic acids is 1. The van der Waals surface area contributed by atoms with E-state index in [2.05, 4.69) is 6.92 Å². The molecule has 30 heavy (non-hydrogen) atoms. The molecule has 0 fully saturated rings. The van der Waals surface area contributed by atoms with Crippen molar-refractivity contribution in [1.82, 2.24) is 0 Å². The summed E-state index contributed by atoms with van der Waals surface area (Å²) in [7, 11) is 1.48. The third-order valence-electron chi connectivity index (χ3n) is 5.32. The predicted molar refractivity (Wildman–Crippen MR) is 121 cm³/mol. The van der Waals surface area contributed by atoms with Gasteiger partial charge in [0.25, 0.3) is 0 Å². The normalized spacial score (nSPS) is 11.6. The number of hydrogen-bond acceptors (Lipinski definition) is 3. The van der Waals surface area contributed by atoms with Crippen molar-refractivity contribution in [2.24, 2.45) is 0 Å². The largest absolute Gasteiger partial charge is 0.504 e. The summed E-state index contributed by atoms with van der Waals surface area (Å²) < 4.78 is 5.40. The van der Waals surface area contributed by atoms with Gasteiger partial charge in [0, 0.05) is 10.9 Å². The molecular formula is C26H28O4. The molecule has 2 N–H and O–H groups in total. The quantitative estimate of drug-likeness (QED) is 0.329. The lowest BCUT2D eigenvalue weighted by molar-refractivity contribution is -0.130. The molecule has 0 saturated carbocycles. The molecule has 0 unspecified atom stereocenters. The summed E-state index contributed by atoms with van der Waals surface area (Å²) in [6.07, 6.45) is 6.19. The Hall–Kier alpha value is -3.27. The summed E-state index contributed by atoms with van der Waals surface area (Å²) in [4.78, 5) is 12.1. The van der Waals surface area contributed by atoms with Gasteiger partial charge < -0.3 is 14.9 Å². The van der Waals surface area contributed by atoms with Crippen LogP contribution in [0.3, 0.4) is 0 Å². The number of benzene rings is 3. The first-order chi connectivity index (χ1) is 14.6. The van der Waals surface area contributed by atoms with Crippen molar-refractivity contribution >= 4 is 22.3 Å². The first kappa shape index (κ1) is 21.4. The van der Waals surface area contributed by atoms with Crippen LogP contribution in [-0.2, 0) is 11.2 Å². The number of hydrogen-bond donors (Lipinski definition) is 2. The first-order valence-electron chi connectivity index (χ1n) is 10.4. The number of allylic oxidation sites excluding steroid dienone is 1. The number of rotatable bonds is 9. The van der Waals surface area contributed by atoms with Gasteiger partial charge in [0.15, 0.2) is 11.5 Å². The number of carboxylic acid groups (broad SMARTS) is 1. The van der Waals surface area contributed by atoms with Gasteiger partial charge in [0.2, 0.25) is 0 Å². The number of aromatic hydroxyl groups is 1. The molecule has 4 heteroatoms. The maximum Gasteiger partial charge on any atom is 0.335 e. The third kappa shape index (κ3) is 4.65. The number of phenols is 1. The van der Waals surface area contributed by atoms with E-state index in [-0.39, 0.29) is 17.1 Å². The second-order valence-corrected chi connectivity index (χ2v) is 7.40. The number of ether oxygens (including phenoxy) is 1. The van der Waals surface area contributed by atoms with Crippen LogP contribution in [0.1, 0.15) is 49.3 Å². The lowest BCUT2D eigenvalue weighted by atomic mass is 9.91. The van der Waals surface area contributed by atoms with Crippen molar-refractivity contribution in [1.29, 1.82) is 0 Å². The molecule has 156 valence electrons. The van der Waals surface area contributed by atoms with Gasteiger partial charge in [-0.3, -0.25) is 0 Å². The standard InChI is InChI=1S/C26H28O4/c1-3-4-5-9-14-21(26(28)29)22-17-23(30-2)25(27)24-19(13-10-15-20(22)24)16-18-11-7-6-8-12-18/h6-8,10-15,17,27H,3-5,9,16H2,1-2H3,(H,28,29). The summed E-state index contributed by atoms with van der Waals surface area (Å²) in [5.74, 6) is -0.661. The van der Waals surface area contributed by atoms with Crippen LogP contribution in [0, 0.1) is 0 Å². The maximum atomic E-state index is 12.1. The molecular weight excluding hydrogens is 376 g/mol. The van der Waals surface area contributed by atoms with Gasteiger partial charge in [-0.2, -0.15) is 0 Å². The van der Waals surface area contributed by atoms with E-state index in [0.29, 0.717) is 29.2 Å². The summed E-state index contributed by atoms with van der Waals surface area (Å²) in [6.45, 7) is 2.12. The Bertz CT molecular complexity index is 1050. The molecule has 0 aliphatic heterocycles. The lowest BCUT2D eigenvalue weighted by Crippen LogP contribution is -2.03. The highest BCUT2D eigenvalue weighted by molar-refractivity contribution is 6.20. The van der Waals surface area contributed by atoms with Crippen molar-refractivity contribution in [3.63, 3.8) is 0 Å². The second-order valence-electron chi connectivity index (χ2n) is 7.40. The van der Waals surface area contributed by atoms with Crippen LogP contribution in [-0.4, -0.2) is 23.3 Å². The smallest absolute Gasteiger partial charge is 0.335 e. The molecule has 0 aliphatic carbocycles. The summed E-state index contributed by atoms with van der Waals surface area (Å²) in [5, 5.41) is 22.2. The fourth-order valence-electron chi connectivity index (χ4n) is 3.80. The predicted octanol–water partition coefficient (Wildman–Crippen LogP) is 6.19. The molecule has 0 saturated heterocycles. The van der Waals surface area contributed by atoms with Gasteiger partial charge in [-0.15, -0.1) is 0 Å². The molecule has 0 bridgehead atoms. The molecule has 0 heterocycles. The van der Waals surface area contributed by atoms with E-state index in [4.69, 9.17) is 4.74 Å². The second kappa shape index (κ2) is 9.97. The molecule has 3 rings (SSSR count). The maximum absolute atomic E-state index is 12.1. The average Bonchev–Trinajstić information content (AvgIpc) is 2.75. The summed E-state index contributed by atoms with van der Waals surface area (Å²) >= 11 is 0. The van der Waals surface area contributed by atoms with E-state index in [1.807, 2.05) is 48.5 Å². The Morgan fingerprint density at radius 1 is 1.07 bits per heavy atom. The van der Waals surface area contributed by atoms with Crippen molar-refractivity contribution in [3.8, 4) is 11.5 Å².